The maximum absolute atomic E-state index is 12.9. The molecular weight excluding hydrogens is 386 g/mol. The smallest absolute Gasteiger partial charge is 0.255 e. The summed E-state index contributed by atoms with van der Waals surface area (Å²) in [5, 5.41) is 9.24. The van der Waals surface area contributed by atoms with Gasteiger partial charge in [-0.1, -0.05) is 36.4 Å². The molecule has 1 fully saturated rings. The third kappa shape index (κ3) is 4.70. The van der Waals surface area contributed by atoms with Gasteiger partial charge in [-0.05, 0) is 48.7 Å². The van der Waals surface area contributed by atoms with E-state index in [0.717, 1.165) is 16.8 Å². The summed E-state index contributed by atoms with van der Waals surface area (Å²) in [6, 6.07) is 22.7. The van der Waals surface area contributed by atoms with Crippen LogP contribution in [-0.2, 0) is 11.2 Å². The molecule has 0 unspecified atom stereocenters. The minimum Gasteiger partial charge on any atom is -0.339 e. The van der Waals surface area contributed by atoms with Crippen molar-refractivity contribution in [2.24, 2.45) is 5.92 Å². The Labute approximate surface area is 182 Å². The van der Waals surface area contributed by atoms with E-state index in [0.29, 0.717) is 43.5 Å². The van der Waals surface area contributed by atoms with Crippen LogP contribution in [0.15, 0.2) is 72.9 Å². The van der Waals surface area contributed by atoms with Crippen LogP contribution in [-0.4, -0.2) is 34.7 Å². The number of carbonyl (C=O) groups is 2. The van der Waals surface area contributed by atoms with Gasteiger partial charge in [0.1, 0.15) is 5.78 Å². The van der Waals surface area contributed by atoms with E-state index in [1.807, 2.05) is 42.5 Å². The average Bonchev–Trinajstić information content (AvgIpc) is 2.84. The normalized spacial score (nSPS) is 14.1. The molecule has 1 amide bonds. The number of nitriles is 1. The van der Waals surface area contributed by atoms with Crippen LogP contribution < -0.4 is 0 Å². The molecule has 1 aliphatic rings. The molecule has 0 aliphatic carbocycles. The van der Waals surface area contributed by atoms with E-state index in [2.05, 4.69) is 11.1 Å². The molecule has 0 bridgehead atoms. The Morgan fingerprint density at radius 3 is 2.52 bits per heavy atom. The molecule has 1 aromatic heterocycles. The fourth-order valence-corrected chi connectivity index (χ4v) is 4.06. The first-order valence-electron chi connectivity index (χ1n) is 10.5. The number of Topliss-reactive ketones (excluding diaryl/α,β-unsaturated/α-hetero) is 1. The minimum atomic E-state index is -0.133. The third-order valence-corrected chi connectivity index (χ3v) is 5.78. The second kappa shape index (κ2) is 9.36. The fraction of sp³-hybridized carbons (Fsp3) is 0.231. The lowest BCUT2D eigenvalue weighted by molar-refractivity contribution is -0.123. The van der Waals surface area contributed by atoms with Crippen LogP contribution in [0, 0.1) is 17.2 Å². The number of nitrogens with zero attached hydrogens (tertiary/aromatic N) is 3. The number of ketones is 1. The highest BCUT2D eigenvalue weighted by molar-refractivity contribution is 5.96. The van der Waals surface area contributed by atoms with Gasteiger partial charge in [-0.25, -0.2) is 0 Å². The summed E-state index contributed by atoms with van der Waals surface area (Å²) in [6.07, 6.45) is 3.45. The Morgan fingerprint density at radius 1 is 1.00 bits per heavy atom. The van der Waals surface area contributed by atoms with E-state index >= 15 is 0 Å². The summed E-state index contributed by atoms with van der Waals surface area (Å²) in [7, 11) is 0. The second-order valence-electron chi connectivity index (χ2n) is 7.78. The Balaban J connectivity index is 1.37. The number of pyridine rings is 1. The van der Waals surface area contributed by atoms with Gasteiger partial charge in [-0.2, -0.15) is 5.26 Å². The molecule has 2 aromatic carbocycles. The van der Waals surface area contributed by atoms with Crippen LogP contribution in [0.2, 0.25) is 0 Å². The third-order valence-electron chi connectivity index (χ3n) is 5.78. The number of rotatable bonds is 5. The van der Waals surface area contributed by atoms with E-state index in [1.165, 1.54) is 0 Å². The average molecular weight is 409 g/mol. The second-order valence-corrected chi connectivity index (χ2v) is 7.78. The molecule has 3 aromatic rings. The topological polar surface area (TPSA) is 74.1 Å². The van der Waals surface area contributed by atoms with Crippen molar-refractivity contribution in [3.63, 3.8) is 0 Å². The van der Waals surface area contributed by atoms with Crippen molar-refractivity contribution in [3.05, 3.63) is 89.6 Å². The summed E-state index contributed by atoms with van der Waals surface area (Å²) < 4.78 is 0. The number of carbonyl (C=O) groups excluding carboxylic acids is 2. The number of piperidine rings is 1. The summed E-state index contributed by atoms with van der Waals surface area (Å²) in [6.45, 7) is 1.06. The molecule has 0 atom stereocenters. The number of aromatic nitrogens is 1. The first kappa shape index (κ1) is 20.5. The van der Waals surface area contributed by atoms with Crippen molar-refractivity contribution < 1.29 is 9.59 Å². The number of likely N-dealkylation sites (tertiary alicyclic amines) is 1. The van der Waals surface area contributed by atoms with Crippen molar-refractivity contribution in [1.29, 1.82) is 5.26 Å². The van der Waals surface area contributed by atoms with Crippen LogP contribution >= 0.6 is 0 Å². The molecule has 4 rings (SSSR count). The van der Waals surface area contributed by atoms with Crippen LogP contribution in [0.3, 0.4) is 0 Å². The number of hydrogen-bond acceptors (Lipinski definition) is 4. The highest BCUT2D eigenvalue weighted by atomic mass is 16.2. The quantitative estimate of drug-likeness (QED) is 0.630. The summed E-state index contributed by atoms with van der Waals surface area (Å²) in [5.41, 5.74) is 3.69. The number of amides is 1. The van der Waals surface area contributed by atoms with Crippen molar-refractivity contribution >= 4 is 11.7 Å². The van der Waals surface area contributed by atoms with Gasteiger partial charge in [0.25, 0.3) is 5.91 Å². The molecule has 1 saturated heterocycles. The van der Waals surface area contributed by atoms with Crippen molar-refractivity contribution in [1.82, 2.24) is 9.88 Å². The Hall–Kier alpha value is -3.78. The Morgan fingerprint density at radius 2 is 1.77 bits per heavy atom. The summed E-state index contributed by atoms with van der Waals surface area (Å²) in [4.78, 5) is 31.8. The van der Waals surface area contributed by atoms with Gasteiger partial charge >= 0.3 is 0 Å². The Kier molecular flexibility index (Phi) is 6.18. The molecule has 0 saturated carbocycles. The largest absolute Gasteiger partial charge is 0.339 e. The van der Waals surface area contributed by atoms with Crippen LogP contribution in [0.5, 0.6) is 0 Å². The molecule has 1 aliphatic heterocycles. The highest BCUT2D eigenvalue weighted by Crippen LogP contribution is 2.24. The molecular formula is C26H23N3O2. The molecule has 5 heteroatoms. The first-order valence-corrected chi connectivity index (χ1v) is 10.5. The molecule has 154 valence electrons. The van der Waals surface area contributed by atoms with Crippen LogP contribution in [0.25, 0.3) is 11.3 Å². The van der Waals surface area contributed by atoms with Gasteiger partial charge in [0.05, 0.1) is 22.9 Å². The van der Waals surface area contributed by atoms with Gasteiger partial charge in [0.15, 0.2) is 0 Å². The van der Waals surface area contributed by atoms with Gasteiger partial charge in [-0.3, -0.25) is 14.6 Å². The van der Waals surface area contributed by atoms with Crippen LogP contribution in [0.1, 0.15) is 34.3 Å². The van der Waals surface area contributed by atoms with Gasteiger partial charge < -0.3 is 4.90 Å². The molecule has 2 heterocycles. The van der Waals surface area contributed by atoms with Gasteiger partial charge in [0.2, 0.25) is 0 Å². The molecule has 0 radical (unpaired) electrons. The van der Waals surface area contributed by atoms with Crippen molar-refractivity contribution in [2.45, 2.75) is 19.3 Å². The van der Waals surface area contributed by atoms with E-state index in [9.17, 15) is 14.9 Å². The number of hydrogen-bond donors (Lipinski definition) is 0. The van der Waals surface area contributed by atoms with Gasteiger partial charge in [-0.15, -0.1) is 0 Å². The molecule has 0 N–H and O–H groups in total. The van der Waals surface area contributed by atoms with E-state index in [4.69, 9.17) is 0 Å². The SMILES string of the molecule is N#Cc1ccccc1C(=O)N1CCC(C(=O)Cc2cccc(-c3ccccn3)c2)CC1. The van der Waals surface area contributed by atoms with Crippen LogP contribution in [0.4, 0.5) is 0 Å². The van der Waals surface area contributed by atoms with E-state index in [-0.39, 0.29) is 17.6 Å². The highest BCUT2D eigenvalue weighted by Gasteiger charge is 2.28. The minimum absolute atomic E-state index is 0.0474. The summed E-state index contributed by atoms with van der Waals surface area (Å²) in [5.74, 6) is 0.0302. The first-order chi connectivity index (χ1) is 15.2. The zero-order valence-corrected chi connectivity index (χ0v) is 17.2. The lowest BCUT2D eigenvalue weighted by atomic mass is 9.88. The van der Waals surface area contributed by atoms with E-state index < -0.39 is 0 Å². The van der Waals surface area contributed by atoms with Gasteiger partial charge in [0, 0.05) is 37.2 Å². The van der Waals surface area contributed by atoms with Crippen molar-refractivity contribution in [3.8, 4) is 17.3 Å². The monoisotopic (exact) mass is 409 g/mol. The standard InChI is InChI=1S/C26H23N3O2/c27-18-22-7-1-2-9-23(22)26(31)29-14-11-20(12-15-29)25(30)17-19-6-5-8-21(16-19)24-10-3-4-13-28-24/h1-10,13,16,20H,11-12,14-15,17H2. The molecule has 31 heavy (non-hydrogen) atoms. The fourth-order valence-electron chi connectivity index (χ4n) is 4.06. The number of benzene rings is 2. The van der Waals surface area contributed by atoms with Crippen molar-refractivity contribution in [2.75, 3.05) is 13.1 Å². The summed E-state index contributed by atoms with van der Waals surface area (Å²) >= 11 is 0. The van der Waals surface area contributed by atoms with E-state index in [1.54, 1.807) is 35.4 Å². The predicted molar refractivity (Wildman–Crippen MR) is 118 cm³/mol. The lowest BCUT2D eigenvalue weighted by Gasteiger charge is -2.31. The molecule has 5 nitrogen and oxygen atoms in total. The predicted octanol–water partition coefficient (Wildman–Crippen LogP) is 4.28. The lowest BCUT2D eigenvalue weighted by Crippen LogP contribution is -2.40. The Bertz CT molecular complexity index is 1130. The zero-order chi connectivity index (χ0) is 21.6. The maximum atomic E-state index is 12.9. The maximum Gasteiger partial charge on any atom is 0.255 e. The molecule has 0 spiro atoms. The zero-order valence-electron chi connectivity index (χ0n) is 17.2.